The molecule has 1 saturated heterocycles. The molecule has 1 fully saturated rings. The van der Waals surface area contributed by atoms with Crippen molar-refractivity contribution in [1.82, 2.24) is 15.1 Å². The predicted octanol–water partition coefficient (Wildman–Crippen LogP) is 1.72. The summed E-state index contributed by atoms with van der Waals surface area (Å²) in [5, 5.41) is 17.3. The molecule has 0 aromatic heterocycles. The molecule has 7 heteroatoms. The van der Waals surface area contributed by atoms with Gasteiger partial charge in [0.1, 0.15) is 5.84 Å². The Morgan fingerprint density at radius 2 is 1.94 bits per heavy atom. The zero-order valence-electron chi connectivity index (χ0n) is 21.3. The van der Waals surface area contributed by atoms with Crippen LogP contribution in [0.4, 0.5) is 0 Å². The van der Waals surface area contributed by atoms with Gasteiger partial charge >= 0.3 is 29.6 Å². The van der Waals surface area contributed by atoms with Crippen molar-refractivity contribution >= 4 is 12.2 Å². The van der Waals surface area contributed by atoms with Gasteiger partial charge in [-0.3, -0.25) is 15.7 Å². The van der Waals surface area contributed by atoms with Crippen LogP contribution in [0, 0.1) is 17.4 Å². The van der Waals surface area contributed by atoms with Crippen LogP contribution in [0.25, 0.3) is 0 Å². The van der Waals surface area contributed by atoms with Gasteiger partial charge in [0.15, 0.2) is 0 Å². The largest absolute Gasteiger partial charge is 1.00 e. The van der Waals surface area contributed by atoms with Gasteiger partial charge in [0.05, 0.1) is 6.34 Å². The van der Waals surface area contributed by atoms with Crippen LogP contribution in [0.3, 0.4) is 0 Å². The molecule has 2 rings (SSSR count). The Balaban J connectivity index is 0. The van der Waals surface area contributed by atoms with Crippen molar-refractivity contribution in [2.75, 3.05) is 27.2 Å². The second kappa shape index (κ2) is 21.2. The van der Waals surface area contributed by atoms with Gasteiger partial charge in [0, 0.05) is 31.8 Å². The van der Waals surface area contributed by atoms with Crippen LogP contribution in [0.1, 0.15) is 24.8 Å². The molecule has 0 saturated carbocycles. The number of allylic oxidation sites excluding steroid dienone is 2. The van der Waals surface area contributed by atoms with Crippen molar-refractivity contribution in [3.63, 3.8) is 0 Å². The van der Waals surface area contributed by atoms with Crippen LogP contribution in [0.5, 0.6) is 0 Å². The number of rotatable bonds is 10. The van der Waals surface area contributed by atoms with Gasteiger partial charge in [0.25, 0.3) is 0 Å². The molecule has 5 N–H and O–H groups in total. The van der Waals surface area contributed by atoms with E-state index in [1.807, 2.05) is 42.5 Å². The van der Waals surface area contributed by atoms with Gasteiger partial charge in [-0.15, -0.1) is 25.3 Å². The maximum absolute atomic E-state index is 7.20. The number of nitrogens with two attached hydrogens (primary N) is 1. The summed E-state index contributed by atoms with van der Waals surface area (Å²) in [5.41, 5.74) is 8.53. The number of amidine groups is 1. The second-order valence-corrected chi connectivity index (χ2v) is 7.46. The summed E-state index contributed by atoms with van der Waals surface area (Å²) < 4.78 is 0. The van der Waals surface area contributed by atoms with Crippen molar-refractivity contribution < 1.29 is 29.6 Å². The molecule has 1 aromatic carbocycles. The third-order valence-corrected chi connectivity index (χ3v) is 4.99. The fraction of sp³-hybridized carbons (Fsp3) is 0.296. The van der Waals surface area contributed by atoms with E-state index in [9.17, 15) is 0 Å². The van der Waals surface area contributed by atoms with Crippen molar-refractivity contribution in [2.24, 2.45) is 5.73 Å². The molecule has 1 atom stereocenters. The van der Waals surface area contributed by atoms with E-state index in [1.54, 1.807) is 25.7 Å². The molecule has 1 heterocycles. The minimum atomic E-state index is 0. The monoisotopic (exact) mass is 472 g/mol. The van der Waals surface area contributed by atoms with E-state index in [0.717, 1.165) is 29.7 Å². The maximum Gasteiger partial charge on any atom is 1.00 e. The van der Waals surface area contributed by atoms with Gasteiger partial charge in [-0.1, -0.05) is 50.1 Å². The van der Waals surface area contributed by atoms with Crippen LogP contribution in [-0.2, 0) is 0 Å². The summed E-state index contributed by atoms with van der Waals surface area (Å²) in [6.07, 6.45) is 11.3. The Bertz CT molecular complexity index is 788. The average Bonchev–Trinajstić information content (AvgIpc) is 3.28. The topological polar surface area (TPSA) is 92.2 Å². The molecular formula is C27H41N6Na. The number of nitrogens with one attached hydrogen (secondary N) is 3. The molecule has 0 radical (unpaired) electrons. The summed E-state index contributed by atoms with van der Waals surface area (Å²) in [4.78, 5) is 3.78. The fourth-order valence-corrected chi connectivity index (χ4v) is 2.96. The number of benzene rings is 1. The summed E-state index contributed by atoms with van der Waals surface area (Å²) in [7, 11) is 3.82. The molecule has 34 heavy (non-hydrogen) atoms. The fourth-order valence-electron chi connectivity index (χ4n) is 2.96. The van der Waals surface area contributed by atoms with Gasteiger partial charge < -0.3 is 16.0 Å². The summed E-state index contributed by atoms with van der Waals surface area (Å²) in [5.74, 6) is 0.389. The zero-order chi connectivity index (χ0) is 25.1. The van der Waals surface area contributed by atoms with E-state index < -0.39 is 0 Å². The number of likely N-dealkylation sites (tertiary alicyclic amines) is 1. The van der Waals surface area contributed by atoms with Crippen LogP contribution in [-0.4, -0.2) is 55.2 Å². The van der Waals surface area contributed by atoms with Gasteiger partial charge in [-0.2, -0.15) is 17.7 Å². The molecule has 0 bridgehead atoms. The molecule has 0 aliphatic carbocycles. The van der Waals surface area contributed by atoms with Crippen molar-refractivity contribution in [2.45, 2.75) is 25.3 Å². The van der Waals surface area contributed by atoms with E-state index in [-0.39, 0.29) is 29.6 Å². The molecule has 0 spiro atoms. The maximum atomic E-state index is 7.20. The third-order valence-electron chi connectivity index (χ3n) is 4.99. The Hall–Kier alpha value is -2.35. The standard InChI is InChI=1S/C14H22N2.C7H8N.C6H11N3.Na/c1-5-8-13(6-2)11-15-12(3)14-9-7-10-16(14)4;8-6-7-4-2-1-3-5-7;1-3-4-6(8)9(2)5-7;/h5-6,8,14-15H,1-3,7,9-11H2,4H3;1-6H,8H2;3,5,7-8H,1,4H2,2H3;/q;-1;;+1/b13-8+;;;. The van der Waals surface area contributed by atoms with E-state index in [0.29, 0.717) is 18.3 Å². The zero-order valence-corrected chi connectivity index (χ0v) is 23.3. The Labute approximate surface area is 229 Å². The van der Waals surface area contributed by atoms with E-state index >= 15 is 0 Å². The number of hydrogen-bond donors (Lipinski definition) is 4. The quantitative estimate of drug-likeness (QED) is 0.104. The smallest absolute Gasteiger partial charge is 0.383 e. The third kappa shape index (κ3) is 14.7. The first-order chi connectivity index (χ1) is 15.8. The van der Waals surface area contributed by atoms with Gasteiger partial charge in [-0.25, -0.2) is 0 Å². The van der Waals surface area contributed by atoms with Crippen LogP contribution >= 0.6 is 0 Å². The predicted molar refractivity (Wildman–Crippen MR) is 144 cm³/mol. The summed E-state index contributed by atoms with van der Waals surface area (Å²) >= 11 is 0. The Kier molecular flexibility index (Phi) is 21.1. The minimum Gasteiger partial charge on any atom is -0.383 e. The van der Waals surface area contributed by atoms with Crippen LogP contribution < -0.4 is 40.6 Å². The molecule has 1 aliphatic rings. The van der Waals surface area contributed by atoms with Crippen molar-refractivity contribution in [1.29, 1.82) is 10.8 Å². The first kappa shape index (κ1) is 33.8. The van der Waals surface area contributed by atoms with Gasteiger partial charge in [-0.05, 0) is 32.0 Å². The first-order valence-electron chi connectivity index (χ1n) is 10.9. The summed E-state index contributed by atoms with van der Waals surface area (Å²) in [6, 6.07) is 10.3. The van der Waals surface area contributed by atoms with Crippen molar-refractivity contribution in [3.8, 4) is 0 Å². The van der Waals surface area contributed by atoms with Gasteiger partial charge in [0.2, 0.25) is 0 Å². The molecule has 1 aliphatic heterocycles. The first-order valence-corrected chi connectivity index (χ1v) is 10.9. The average molecular weight is 473 g/mol. The second-order valence-electron chi connectivity index (χ2n) is 7.46. The molecule has 180 valence electrons. The number of nitrogens with zero attached hydrogens (tertiary/aromatic N) is 2. The number of hydrogen-bond acceptors (Lipinski definition) is 5. The van der Waals surface area contributed by atoms with Crippen LogP contribution in [0.2, 0.25) is 0 Å². The minimum absolute atomic E-state index is 0. The van der Waals surface area contributed by atoms with Crippen molar-refractivity contribution in [3.05, 3.63) is 104 Å². The molecule has 0 amide bonds. The molecular weight excluding hydrogens is 431 g/mol. The van der Waals surface area contributed by atoms with E-state index in [4.69, 9.17) is 16.6 Å². The molecule has 6 nitrogen and oxygen atoms in total. The Morgan fingerprint density at radius 1 is 1.29 bits per heavy atom. The van der Waals surface area contributed by atoms with Crippen LogP contribution in [0.15, 0.2) is 92.2 Å². The summed E-state index contributed by atoms with van der Waals surface area (Å²) in [6.45, 7) is 18.6. The van der Waals surface area contributed by atoms with E-state index in [2.05, 4.69) is 43.6 Å². The SMILES string of the molecule is C=C/C=C(\C=C)CNC(=C)C1CCCN1C.C=CCC(=N)N(C)C=N.N[CH-]c1ccccc1.[Na+]. The van der Waals surface area contributed by atoms with E-state index in [1.165, 1.54) is 24.3 Å². The Morgan fingerprint density at radius 3 is 2.35 bits per heavy atom. The molecule has 1 aromatic rings. The normalized spacial score (nSPS) is 14.4. The number of likely N-dealkylation sites (N-methyl/N-ethyl adjacent to an activating group) is 1. The molecule has 1 unspecified atom stereocenters.